The van der Waals surface area contributed by atoms with Gasteiger partial charge < -0.3 is 4.90 Å². The minimum Gasteiger partial charge on any atom is -0.336 e. The van der Waals surface area contributed by atoms with E-state index < -0.39 is 0 Å². The van der Waals surface area contributed by atoms with Crippen LogP contribution < -0.4 is 0 Å². The van der Waals surface area contributed by atoms with Crippen LogP contribution in [-0.2, 0) is 4.79 Å². The van der Waals surface area contributed by atoms with Gasteiger partial charge in [-0.15, -0.1) is 0 Å². The maximum Gasteiger partial charge on any atom is 0.223 e. The number of amides is 1. The lowest BCUT2D eigenvalue weighted by Crippen LogP contribution is -2.28. The SMILES string of the molecule is C[C@H](CF)CC1CC(=O)N([C@@H](C)c2ccccc2)C1. The molecule has 0 radical (unpaired) electrons. The zero-order chi connectivity index (χ0) is 13.8. The molecule has 2 nitrogen and oxygen atoms in total. The predicted molar refractivity (Wildman–Crippen MR) is 74.4 cm³/mol. The van der Waals surface area contributed by atoms with Crippen LogP contribution in [0.1, 0.15) is 38.3 Å². The van der Waals surface area contributed by atoms with Crippen molar-refractivity contribution in [2.75, 3.05) is 13.2 Å². The van der Waals surface area contributed by atoms with Crippen LogP contribution in [0.4, 0.5) is 4.39 Å². The zero-order valence-corrected chi connectivity index (χ0v) is 11.7. The Morgan fingerprint density at radius 1 is 1.32 bits per heavy atom. The number of rotatable bonds is 5. The molecule has 1 aromatic carbocycles. The number of hydrogen-bond donors (Lipinski definition) is 0. The molecule has 0 N–H and O–H groups in total. The van der Waals surface area contributed by atoms with E-state index in [1.165, 1.54) is 0 Å². The van der Waals surface area contributed by atoms with Gasteiger partial charge in [0.25, 0.3) is 0 Å². The van der Waals surface area contributed by atoms with E-state index in [9.17, 15) is 9.18 Å². The number of alkyl halides is 1. The highest BCUT2D eigenvalue weighted by Crippen LogP contribution is 2.31. The van der Waals surface area contributed by atoms with Crippen molar-refractivity contribution in [2.45, 2.75) is 32.7 Å². The fraction of sp³-hybridized carbons (Fsp3) is 0.562. The fourth-order valence-electron chi connectivity index (χ4n) is 2.88. The molecular formula is C16H22FNO. The molecule has 3 atom stereocenters. The molecule has 1 aliphatic heterocycles. The van der Waals surface area contributed by atoms with Gasteiger partial charge in [-0.1, -0.05) is 37.3 Å². The Labute approximate surface area is 114 Å². The summed E-state index contributed by atoms with van der Waals surface area (Å²) in [5.41, 5.74) is 1.16. The van der Waals surface area contributed by atoms with Gasteiger partial charge in [-0.25, -0.2) is 0 Å². The molecule has 1 heterocycles. The summed E-state index contributed by atoms with van der Waals surface area (Å²) in [5, 5.41) is 0. The minimum atomic E-state index is -0.293. The van der Waals surface area contributed by atoms with Crippen LogP contribution >= 0.6 is 0 Å². The molecule has 0 spiro atoms. The van der Waals surface area contributed by atoms with Gasteiger partial charge in [-0.2, -0.15) is 0 Å². The van der Waals surface area contributed by atoms with Gasteiger partial charge in [0.2, 0.25) is 5.91 Å². The third-order valence-electron chi connectivity index (χ3n) is 3.99. The van der Waals surface area contributed by atoms with Crippen LogP contribution in [0.2, 0.25) is 0 Å². The van der Waals surface area contributed by atoms with Crippen molar-refractivity contribution in [3.8, 4) is 0 Å². The Balaban J connectivity index is 2.00. The van der Waals surface area contributed by atoms with Crippen molar-refractivity contribution in [1.82, 2.24) is 4.90 Å². The van der Waals surface area contributed by atoms with Crippen LogP contribution in [0.25, 0.3) is 0 Å². The van der Waals surface area contributed by atoms with Crippen molar-refractivity contribution in [2.24, 2.45) is 11.8 Å². The summed E-state index contributed by atoms with van der Waals surface area (Å²) < 4.78 is 12.6. The molecule has 104 valence electrons. The van der Waals surface area contributed by atoms with E-state index in [1.807, 2.05) is 30.0 Å². The highest BCUT2D eigenvalue weighted by atomic mass is 19.1. The highest BCUT2D eigenvalue weighted by Gasteiger charge is 2.33. The maximum absolute atomic E-state index is 12.6. The fourth-order valence-corrected chi connectivity index (χ4v) is 2.88. The Hall–Kier alpha value is -1.38. The van der Waals surface area contributed by atoms with Gasteiger partial charge >= 0.3 is 0 Å². The summed E-state index contributed by atoms with van der Waals surface area (Å²) in [6.45, 7) is 4.44. The molecule has 19 heavy (non-hydrogen) atoms. The van der Waals surface area contributed by atoms with Gasteiger partial charge in [0.05, 0.1) is 12.7 Å². The van der Waals surface area contributed by atoms with E-state index >= 15 is 0 Å². The Kier molecular flexibility index (Phi) is 4.56. The van der Waals surface area contributed by atoms with Crippen LogP contribution in [0.5, 0.6) is 0 Å². The standard InChI is InChI=1S/C16H22FNO/c1-12(10-17)8-14-9-16(19)18(11-14)13(2)15-6-4-3-5-7-15/h3-7,12-14H,8-11H2,1-2H3/t12-,13-,14?/m0/s1. The van der Waals surface area contributed by atoms with Gasteiger partial charge in [-0.3, -0.25) is 9.18 Å². The average Bonchev–Trinajstić information content (AvgIpc) is 2.79. The summed E-state index contributed by atoms with van der Waals surface area (Å²) in [4.78, 5) is 14.0. The number of likely N-dealkylation sites (tertiary alicyclic amines) is 1. The van der Waals surface area contributed by atoms with Gasteiger partial charge in [0.1, 0.15) is 0 Å². The molecule has 1 fully saturated rings. The second kappa shape index (κ2) is 6.18. The number of halogens is 1. The van der Waals surface area contributed by atoms with Crippen molar-refractivity contribution >= 4 is 5.91 Å². The smallest absolute Gasteiger partial charge is 0.223 e. The van der Waals surface area contributed by atoms with Crippen LogP contribution in [0, 0.1) is 11.8 Å². The van der Waals surface area contributed by atoms with Crippen LogP contribution in [0.3, 0.4) is 0 Å². The van der Waals surface area contributed by atoms with E-state index in [2.05, 4.69) is 19.1 Å². The highest BCUT2D eigenvalue weighted by molar-refractivity contribution is 5.79. The third-order valence-corrected chi connectivity index (χ3v) is 3.99. The number of benzene rings is 1. The van der Waals surface area contributed by atoms with Gasteiger partial charge in [0, 0.05) is 13.0 Å². The third kappa shape index (κ3) is 3.34. The molecule has 0 bridgehead atoms. The van der Waals surface area contributed by atoms with Crippen LogP contribution in [-0.4, -0.2) is 24.0 Å². The quantitative estimate of drug-likeness (QED) is 0.795. The first-order valence-corrected chi connectivity index (χ1v) is 7.02. The monoisotopic (exact) mass is 263 g/mol. The van der Waals surface area contributed by atoms with Crippen LogP contribution in [0.15, 0.2) is 30.3 Å². The van der Waals surface area contributed by atoms with E-state index in [0.717, 1.165) is 18.5 Å². The number of nitrogens with zero attached hydrogens (tertiary/aromatic N) is 1. The van der Waals surface area contributed by atoms with E-state index in [-0.39, 0.29) is 24.5 Å². The van der Waals surface area contributed by atoms with Crippen molar-refractivity contribution < 1.29 is 9.18 Å². The number of carbonyl (C=O) groups is 1. The molecule has 1 amide bonds. The molecule has 1 aliphatic rings. The first kappa shape index (κ1) is 14.0. The molecule has 0 aromatic heterocycles. The summed E-state index contributed by atoms with van der Waals surface area (Å²) in [7, 11) is 0. The second-order valence-corrected chi connectivity index (χ2v) is 5.70. The summed E-state index contributed by atoms with van der Waals surface area (Å²) in [5.74, 6) is 0.571. The van der Waals surface area contributed by atoms with E-state index in [1.54, 1.807) is 0 Å². The lowest BCUT2D eigenvalue weighted by atomic mass is 9.96. The largest absolute Gasteiger partial charge is 0.336 e. The molecule has 0 aliphatic carbocycles. The zero-order valence-electron chi connectivity index (χ0n) is 11.7. The average molecular weight is 263 g/mol. The van der Waals surface area contributed by atoms with E-state index in [0.29, 0.717) is 12.3 Å². The summed E-state index contributed by atoms with van der Waals surface area (Å²) in [6.07, 6.45) is 1.38. The Bertz CT molecular complexity index is 420. The first-order chi connectivity index (χ1) is 9.11. The molecule has 1 unspecified atom stereocenters. The predicted octanol–water partition coefficient (Wildman–Crippen LogP) is 3.59. The lowest BCUT2D eigenvalue weighted by Gasteiger charge is -2.25. The van der Waals surface area contributed by atoms with Crippen molar-refractivity contribution in [3.63, 3.8) is 0 Å². The van der Waals surface area contributed by atoms with Crippen molar-refractivity contribution in [3.05, 3.63) is 35.9 Å². The lowest BCUT2D eigenvalue weighted by molar-refractivity contribution is -0.129. The van der Waals surface area contributed by atoms with Gasteiger partial charge in [0.15, 0.2) is 0 Å². The molecule has 1 aromatic rings. The van der Waals surface area contributed by atoms with E-state index in [4.69, 9.17) is 0 Å². The molecule has 2 rings (SSSR count). The number of hydrogen-bond acceptors (Lipinski definition) is 1. The maximum atomic E-state index is 12.6. The molecule has 0 saturated carbocycles. The van der Waals surface area contributed by atoms with Gasteiger partial charge in [-0.05, 0) is 30.7 Å². The molecule has 1 saturated heterocycles. The Morgan fingerprint density at radius 2 is 2.00 bits per heavy atom. The molecular weight excluding hydrogens is 241 g/mol. The summed E-state index contributed by atoms with van der Waals surface area (Å²) >= 11 is 0. The topological polar surface area (TPSA) is 20.3 Å². The summed E-state index contributed by atoms with van der Waals surface area (Å²) in [6, 6.07) is 10.2. The molecule has 3 heteroatoms. The normalized spacial score (nSPS) is 22.6. The first-order valence-electron chi connectivity index (χ1n) is 7.02. The number of carbonyl (C=O) groups excluding carboxylic acids is 1. The minimum absolute atomic E-state index is 0.0600. The Morgan fingerprint density at radius 3 is 2.63 bits per heavy atom. The van der Waals surface area contributed by atoms with Crippen molar-refractivity contribution in [1.29, 1.82) is 0 Å². The second-order valence-electron chi connectivity index (χ2n) is 5.70.